The van der Waals surface area contributed by atoms with Crippen LogP contribution < -0.4 is 10.1 Å². The first-order valence-electron chi connectivity index (χ1n) is 5.87. The van der Waals surface area contributed by atoms with Gasteiger partial charge in [0.2, 0.25) is 0 Å². The fourth-order valence-electron chi connectivity index (χ4n) is 1.80. The van der Waals surface area contributed by atoms with E-state index in [1.54, 1.807) is 13.4 Å². The van der Waals surface area contributed by atoms with Gasteiger partial charge in [-0.1, -0.05) is 24.6 Å². The predicted octanol–water partition coefficient (Wildman–Crippen LogP) is 3.72. The molecular weight excluding hydrogens is 250 g/mol. The first kappa shape index (κ1) is 13.0. The second-order valence-corrected chi connectivity index (χ2v) is 4.29. The van der Waals surface area contributed by atoms with Gasteiger partial charge in [-0.15, -0.1) is 0 Å². The van der Waals surface area contributed by atoms with Crippen LogP contribution in [0.4, 0.5) is 0 Å². The van der Waals surface area contributed by atoms with Crippen molar-refractivity contribution in [1.82, 2.24) is 5.32 Å². The molecular formula is C14H16ClNO2. The fourth-order valence-corrected chi connectivity index (χ4v) is 2.00. The topological polar surface area (TPSA) is 34.4 Å². The summed E-state index contributed by atoms with van der Waals surface area (Å²) < 4.78 is 10.7. The molecule has 1 aromatic carbocycles. The van der Waals surface area contributed by atoms with E-state index in [1.165, 1.54) is 0 Å². The molecule has 4 heteroatoms. The van der Waals surface area contributed by atoms with Crippen LogP contribution in [-0.2, 0) is 6.54 Å². The predicted molar refractivity (Wildman–Crippen MR) is 73.1 cm³/mol. The maximum atomic E-state index is 6.02. The number of halogens is 1. The lowest BCUT2D eigenvalue weighted by Crippen LogP contribution is -2.11. The molecule has 0 unspecified atom stereocenters. The smallest absolute Gasteiger partial charge is 0.138 e. The minimum Gasteiger partial charge on any atom is -0.495 e. The summed E-state index contributed by atoms with van der Waals surface area (Å²) in [5.41, 5.74) is 2.10. The second kappa shape index (κ2) is 5.94. The third kappa shape index (κ3) is 2.68. The first-order chi connectivity index (χ1) is 8.76. The molecule has 0 spiro atoms. The highest BCUT2D eigenvalue weighted by Crippen LogP contribution is 2.32. The largest absolute Gasteiger partial charge is 0.495 e. The number of methoxy groups -OCH3 is 1. The molecule has 96 valence electrons. The number of benzene rings is 1. The molecule has 0 bridgehead atoms. The highest BCUT2D eigenvalue weighted by atomic mass is 35.5. The Kier molecular flexibility index (Phi) is 4.28. The molecule has 1 aromatic heterocycles. The van der Waals surface area contributed by atoms with Crippen LogP contribution in [0.15, 0.2) is 34.9 Å². The number of hydrogen-bond acceptors (Lipinski definition) is 3. The second-order valence-electron chi connectivity index (χ2n) is 3.89. The van der Waals surface area contributed by atoms with E-state index in [1.807, 2.05) is 24.3 Å². The van der Waals surface area contributed by atoms with Gasteiger partial charge in [0.15, 0.2) is 0 Å². The van der Waals surface area contributed by atoms with E-state index in [0.717, 1.165) is 23.4 Å². The molecule has 0 radical (unpaired) electrons. The lowest BCUT2D eigenvalue weighted by atomic mass is 10.1. The van der Waals surface area contributed by atoms with Gasteiger partial charge >= 0.3 is 0 Å². The Labute approximate surface area is 112 Å². The van der Waals surface area contributed by atoms with E-state index in [9.17, 15) is 0 Å². The molecule has 2 rings (SSSR count). The van der Waals surface area contributed by atoms with Crippen molar-refractivity contribution in [1.29, 1.82) is 0 Å². The molecule has 0 atom stereocenters. The summed E-state index contributed by atoms with van der Waals surface area (Å²) in [6.45, 7) is 3.68. The minimum atomic E-state index is 0.609. The fraction of sp³-hybridized carbons (Fsp3) is 0.286. The summed E-state index contributed by atoms with van der Waals surface area (Å²) in [6, 6.07) is 7.67. The molecule has 1 heterocycles. The van der Waals surface area contributed by atoms with Gasteiger partial charge in [0.05, 0.1) is 24.9 Å². The van der Waals surface area contributed by atoms with Crippen molar-refractivity contribution in [2.24, 2.45) is 0 Å². The van der Waals surface area contributed by atoms with Crippen LogP contribution >= 0.6 is 11.6 Å². The van der Waals surface area contributed by atoms with Gasteiger partial charge < -0.3 is 14.5 Å². The summed E-state index contributed by atoms with van der Waals surface area (Å²) in [6.07, 6.45) is 1.70. The van der Waals surface area contributed by atoms with Crippen molar-refractivity contribution in [3.63, 3.8) is 0 Å². The van der Waals surface area contributed by atoms with E-state index in [0.29, 0.717) is 17.3 Å². The monoisotopic (exact) mass is 265 g/mol. The lowest BCUT2D eigenvalue weighted by molar-refractivity contribution is 0.415. The maximum Gasteiger partial charge on any atom is 0.138 e. The van der Waals surface area contributed by atoms with E-state index in [2.05, 4.69) is 12.2 Å². The van der Waals surface area contributed by atoms with Crippen LogP contribution in [-0.4, -0.2) is 13.7 Å². The van der Waals surface area contributed by atoms with Gasteiger partial charge in [0, 0.05) is 5.56 Å². The van der Waals surface area contributed by atoms with Gasteiger partial charge in [0.25, 0.3) is 0 Å². The molecule has 3 nitrogen and oxygen atoms in total. The average molecular weight is 266 g/mol. The zero-order valence-electron chi connectivity index (χ0n) is 10.5. The Bertz CT molecular complexity index is 522. The zero-order chi connectivity index (χ0) is 13.0. The van der Waals surface area contributed by atoms with E-state index in [-0.39, 0.29) is 0 Å². The van der Waals surface area contributed by atoms with Crippen LogP contribution in [0.2, 0.25) is 5.02 Å². The summed E-state index contributed by atoms with van der Waals surface area (Å²) in [5, 5.41) is 3.86. The summed E-state index contributed by atoms with van der Waals surface area (Å²) in [7, 11) is 1.61. The average Bonchev–Trinajstić information content (AvgIpc) is 2.85. The quantitative estimate of drug-likeness (QED) is 0.895. The van der Waals surface area contributed by atoms with Crippen molar-refractivity contribution in [2.45, 2.75) is 13.5 Å². The van der Waals surface area contributed by atoms with Gasteiger partial charge in [-0.3, -0.25) is 0 Å². The molecule has 0 aliphatic carbocycles. The normalized spacial score (nSPS) is 10.6. The van der Waals surface area contributed by atoms with Gasteiger partial charge in [-0.05, 0) is 30.3 Å². The van der Waals surface area contributed by atoms with Gasteiger partial charge in [-0.25, -0.2) is 0 Å². The van der Waals surface area contributed by atoms with Crippen molar-refractivity contribution >= 4 is 11.6 Å². The highest BCUT2D eigenvalue weighted by molar-refractivity contribution is 6.32. The van der Waals surface area contributed by atoms with Crippen molar-refractivity contribution in [3.05, 3.63) is 41.3 Å². The van der Waals surface area contributed by atoms with Crippen LogP contribution in [0, 0.1) is 0 Å². The Morgan fingerprint density at radius 2 is 2.17 bits per heavy atom. The number of furan rings is 1. The minimum absolute atomic E-state index is 0.609. The van der Waals surface area contributed by atoms with Crippen LogP contribution in [0.3, 0.4) is 0 Å². The third-order valence-electron chi connectivity index (χ3n) is 2.74. The molecule has 2 aromatic rings. The Balaban J connectivity index is 2.33. The van der Waals surface area contributed by atoms with Crippen LogP contribution in [0.1, 0.15) is 12.7 Å². The van der Waals surface area contributed by atoms with Crippen molar-refractivity contribution in [3.8, 4) is 16.9 Å². The van der Waals surface area contributed by atoms with Crippen LogP contribution in [0.5, 0.6) is 5.75 Å². The van der Waals surface area contributed by atoms with Gasteiger partial charge in [-0.2, -0.15) is 0 Å². The highest BCUT2D eigenvalue weighted by Gasteiger charge is 2.10. The van der Waals surface area contributed by atoms with Crippen LogP contribution in [0.25, 0.3) is 11.1 Å². The Morgan fingerprint density at radius 1 is 1.33 bits per heavy atom. The number of rotatable bonds is 5. The molecule has 18 heavy (non-hydrogen) atoms. The van der Waals surface area contributed by atoms with E-state index in [4.69, 9.17) is 20.8 Å². The van der Waals surface area contributed by atoms with Crippen molar-refractivity contribution in [2.75, 3.05) is 13.7 Å². The SMILES string of the molecule is CCNCc1occc1-c1ccc(Cl)c(OC)c1. The van der Waals surface area contributed by atoms with E-state index < -0.39 is 0 Å². The zero-order valence-corrected chi connectivity index (χ0v) is 11.3. The van der Waals surface area contributed by atoms with Crippen molar-refractivity contribution < 1.29 is 9.15 Å². The molecule has 0 aliphatic heterocycles. The third-order valence-corrected chi connectivity index (χ3v) is 3.06. The van der Waals surface area contributed by atoms with Gasteiger partial charge in [0.1, 0.15) is 11.5 Å². The standard InChI is InChI=1S/C14H16ClNO2/c1-3-16-9-14-11(6-7-18-14)10-4-5-12(15)13(8-10)17-2/h4-8,16H,3,9H2,1-2H3. The lowest BCUT2D eigenvalue weighted by Gasteiger charge is -2.07. The van der Waals surface area contributed by atoms with E-state index >= 15 is 0 Å². The molecule has 0 fully saturated rings. The molecule has 0 aliphatic rings. The summed E-state index contributed by atoms with van der Waals surface area (Å²) in [4.78, 5) is 0. The first-order valence-corrected chi connectivity index (χ1v) is 6.25. The molecule has 1 N–H and O–H groups in total. The number of nitrogens with one attached hydrogen (secondary N) is 1. The molecule has 0 saturated heterocycles. The maximum absolute atomic E-state index is 6.02. The molecule has 0 amide bonds. The summed E-state index contributed by atoms with van der Waals surface area (Å²) >= 11 is 6.02. The Morgan fingerprint density at radius 3 is 2.89 bits per heavy atom. The Hall–Kier alpha value is -1.45. The number of hydrogen-bond donors (Lipinski definition) is 1. The number of ether oxygens (including phenoxy) is 1. The summed E-state index contributed by atoms with van der Waals surface area (Å²) in [5.74, 6) is 1.59. The molecule has 0 saturated carbocycles.